The number of anilines is 1. The van der Waals surface area contributed by atoms with Crippen molar-refractivity contribution < 1.29 is 0 Å². The zero-order valence-electron chi connectivity index (χ0n) is 12.6. The van der Waals surface area contributed by atoms with Crippen LogP contribution in [0.3, 0.4) is 0 Å². The van der Waals surface area contributed by atoms with E-state index < -0.39 is 0 Å². The Morgan fingerprint density at radius 3 is 2.70 bits per heavy atom. The molecule has 1 aromatic carbocycles. The smallest absolute Gasteiger partial charge is 0.124 e. The summed E-state index contributed by atoms with van der Waals surface area (Å²) in [4.78, 5) is 0. The Bertz CT molecular complexity index is 578. The zero-order valence-corrected chi connectivity index (χ0v) is 12.6. The summed E-state index contributed by atoms with van der Waals surface area (Å²) in [5.74, 6) is 1.67. The van der Waals surface area contributed by atoms with Gasteiger partial charge >= 0.3 is 0 Å². The molecule has 20 heavy (non-hydrogen) atoms. The molecule has 0 fully saturated rings. The number of nitrogens with zero attached hydrogens (tertiary/aromatic N) is 2. The molecule has 3 rings (SSSR count). The van der Waals surface area contributed by atoms with Crippen LogP contribution in [0, 0.1) is 5.41 Å². The number of rotatable bonds is 2. The molecule has 1 N–H and O–H groups in total. The van der Waals surface area contributed by atoms with Crippen LogP contribution in [0.15, 0.2) is 36.4 Å². The standard InChI is InChI=1S/C17H23N3/c1-17(2,3)10-15-9-16-18-11-14(12-20(16)19-15)13-7-5-4-6-8-13/h4-9,14,18H,10-12H2,1-3H3. The predicted octanol–water partition coefficient (Wildman–Crippen LogP) is 3.68. The molecule has 2 aromatic rings. The highest BCUT2D eigenvalue weighted by atomic mass is 15.3. The van der Waals surface area contributed by atoms with Gasteiger partial charge in [-0.1, -0.05) is 51.1 Å². The molecule has 1 atom stereocenters. The zero-order chi connectivity index (χ0) is 14.2. The maximum Gasteiger partial charge on any atom is 0.124 e. The molecule has 3 nitrogen and oxygen atoms in total. The van der Waals surface area contributed by atoms with Crippen molar-refractivity contribution >= 4 is 5.82 Å². The Labute approximate surface area is 121 Å². The summed E-state index contributed by atoms with van der Waals surface area (Å²) in [7, 11) is 0. The van der Waals surface area contributed by atoms with Crippen LogP contribution in [0.5, 0.6) is 0 Å². The van der Waals surface area contributed by atoms with E-state index in [2.05, 4.69) is 67.2 Å². The van der Waals surface area contributed by atoms with Crippen molar-refractivity contribution in [2.45, 2.75) is 39.7 Å². The van der Waals surface area contributed by atoms with Crippen LogP contribution in [0.2, 0.25) is 0 Å². The van der Waals surface area contributed by atoms with Gasteiger partial charge in [-0.05, 0) is 17.4 Å². The molecule has 106 valence electrons. The molecule has 0 saturated heterocycles. The van der Waals surface area contributed by atoms with E-state index in [0.29, 0.717) is 5.92 Å². The molecule has 0 spiro atoms. The maximum absolute atomic E-state index is 4.77. The first-order chi connectivity index (χ1) is 9.51. The first-order valence-electron chi connectivity index (χ1n) is 7.37. The van der Waals surface area contributed by atoms with Gasteiger partial charge in [-0.2, -0.15) is 5.10 Å². The van der Waals surface area contributed by atoms with Crippen LogP contribution >= 0.6 is 0 Å². The van der Waals surface area contributed by atoms with Crippen LogP contribution < -0.4 is 5.32 Å². The van der Waals surface area contributed by atoms with Crippen molar-refractivity contribution in [3.05, 3.63) is 47.7 Å². The van der Waals surface area contributed by atoms with E-state index in [1.54, 1.807) is 0 Å². The highest BCUT2D eigenvalue weighted by molar-refractivity contribution is 5.41. The van der Waals surface area contributed by atoms with E-state index in [9.17, 15) is 0 Å². The first kappa shape index (κ1) is 13.2. The average Bonchev–Trinajstić information content (AvgIpc) is 2.78. The van der Waals surface area contributed by atoms with Crippen molar-refractivity contribution in [2.24, 2.45) is 5.41 Å². The van der Waals surface area contributed by atoms with Gasteiger partial charge in [-0.3, -0.25) is 0 Å². The van der Waals surface area contributed by atoms with E-state index in [-0.39, 0.29) is 5.41 Å². The Kier molecular flexibility index (Phi) is 3.28. The van der Waals surface area contributed by atoms with Crippen LogP contribution in [-0.4, -0.2) is 16.3 Å². The summed E-state index contributed by atoms with van der Waals surface area (Å²) in [6, 6.07) is 12.9. The fourth-order valence-electron chi connectivity index (χ4n) is 2.83. The molecule has 0 radical (unpaired) electrons. The van der Waals surface area contributed by atoms with Gasteiger partial charge in [-0.25, -0.2) is 4.68 Å². The van der Waals surface area contributed by atoms with E-state index in [0.717, 1.165) is 25.3 Å². The van der Waals surface area contributed by atoms with Gasteiger partial charge in [0.25, 0.3) is 0 Å². The summed E-state index contributed by atoms with van der Waals surface area (Å²) >= 11 is 0. The highest BCUT2D eigenvalue weighted by Gasteiger charge is 2.22. The molecule has 1 aliphatic rings. The van der Waals surface area contributed by atoms with Crippen LogP contribution in [-0.2, 0) is 13.0 Å². The highest BCUT2D eigenvalue weighted by Crippen LogP contribution is 2.28. The van der Waals surface area contributed by atoms with Gasteiger partial charge in [0.1, 0.15) is 5.82 Å². The third-order valence-electron chi connectivity index (χ3n) is 3.74. The summed E-state index contributed by atoms with van der Waals surface area (Å²) in [5.41, 5.74) is 2.86. The lowest BCUT2D eigenvalue weighted by Crippen LogP contribution is -2.26. The minimum Gasteiger partial charge on any atom is -0.370 e. The van der Waals surface area contributed by atoms with Gasteiger partial charge < -0.3 is 5.32 Å². The second kappa shape index (κ2) is 4.97. The number of benzene rings is 1. The molecule has 1 aliphatic heterocycles. The number of nitrogens with one attached hydrogen (secondary N) is 1. The molecule has 0 amide bonds. The molecule has 0 aliphatic carbocycles. The quantitative estimate of drug-likeness (QED) is 0.901. The van der Waals surface area contributed by atoms with Crippen molar-refractivity contribution in [2.75, 3.05) is 11.9 Å². The number of fused-ring (bicyclic) bond motifs is 1. The molecule has 0 saturated carbocycles. The summed E-state index contributed by atoms with van der Waals surface area (Å²) < 4.78 is 2.13. The second-order valence-corrected chi connectivity index (χ2v) is 6.93. The Hall–Kier alpha value is -1.77. The lowest BCUT2D eigenvalue weighted by molar-refractivity contribution is 0.401. The molecular formula is C17H23N3. The van der Waals surface area contributed by atoms with Gasteiger partial charge in [0.05, 0.1) is 12.2 Å². The van der Waals surface area contributed by atoms with Crippen molar-refractivity contribution in [3.63, 3.8) is 0 Å². The van der Waals surface area contributed by atoms with Gasteiger partial charge in [0.15, 0.2) is 0 Å². The summed E-state index contributed by atoms with van der Waals surface area (Å²) in [5, 5.41) is 8.28. The summed E-state index contributed by atoms with van der Waals surface area (Å²) in [6.45, 7) is 8.73. The number of hydrogen-bond donors (Lipinski definition) is 1. The molecule has 0 bridgehead atoms. The lowest BCUT2D eigenvalue weighted by atomic mass is 9.91. The summed E-state index contributed by atoms with van der Waals surface area (Å²) in [6.07, 6.45) is 1.02. The third-order valence-corrected chi connectivity index (χ3v) is 3.74. The van der Waals surface area contributed by atoms with E-state index >= 15 is 0 Å². The van der Waals surface area contributed by atoms with Gasteiger partial charge in [-0.15, -0.1) is 0 Å². The van der Waals surface area contributed by atoms with E-state index in [1.807, 2.05) is 0 Å². The van der Waals surface area contributed by atoms with Crippen LogP contribution in [0.1, 0.15) is 37.9 Å². The van der Waals surface area contributed by atoms with Crippen molar-refractivity contribution in [3.8, 4) is 0 Å². The van der Waals surface area contributed by atoms with Crippen molar-refractivity contribution in [1.29, 1.82) is 0 Å². The Morgan fingerprint density at radius 2 is 2.00 bits per heavy atom. The topological polar surface area (TPSA) is 29.9 Å². The number of hydrogen-bond acceptors (Lipinski definition) is 2. The van der Waals surface area contributed by atoms with Gasteiger partial charge in [0, 0.05) is 18.5 Å². The van der Waals surface area contributed by atoms with E-state index in [4.69, 9.17) is 5.10 Å². The minimum atomic E-state index is 0.281. The molecular weight excluding hydrogens is 246 g/mol. The Morgan fingerprint density at radius 1 is 1.25 bits per heavy atom. The SMILES string of the molecule is CC(C)(C)Cc1cc2n(n1)CC(c1ccccc1)CN2. The third kappa shape index (κ3) is 2.87. The maximum atomic E-state index is 4.77. The minimum absolute atomic E-state index is 0.281. The first-order valence-corrected chi connectivity index (χ1v) is 7.37. The van der Waals surface area contributed by atoms with Crippen molar-refractivity contribution in [1.82, 2.24) is 9.78 Å². The van der Waals surface area contributed by atoms with E-state index in [1.165, 1.54) is 11.3 Å². The monoisotopic (exact) mass is 269 g/mol. The lowest BCUT2D eigenvalue weighted by Gasteiger charge is -2.25. The molecule has 1 aromatic heterocycles. The largest absolute Gasteiger partial charge is 0.370 e. The molecule has 3 heteroatoms. The fraction of sp³-hybridized carbons (Fsp3) is 0.471. The average molecular weight is 269 g/mol. The second-order valence-electron chi connectivity index (χ2n) is 6.93. The van der Waals surface area contributed by atoms with Crippen LogP contribution in [0.25, 0.3) is 0 Å². The van der Waals surface area contributed by atoms with Crippen LogP contribution in [0.4, 0.5) is 5.82 Å². The fourth-order valence-corrected chi connectivity index (χ4v) is 2.83. The predicted molar refractivity (Wildman–Crippen MR) is 83.1 cm³/mol. The Balaban J connectivity index is 1.78. The van der Waals surface area contributed by atoms with Gasteiger partial charge in [0.2, 0.25) is 0 Å². The molecule has 1 unspecified atom stereocenters. The normalized spacial score (nSPS) is 18.4. The number of aromatic nitrogens is 2. The molecule has 2 heterocycles.